The van der Waals surface area contributed by atoms with E-state index in [0.717, 1.165) is 138 Å². The molecule has 102 heavy (non-hydrogen) atoms. The van der Waals surface area contributed by atoms with Crippen molar-refractivity contribution in [3.8, 4) is 34.5 Å². The van der Waals surface area contributed by atoms with Gasteiger partial charge in [0.15, 0.2) is 59.8 Å². The highest BCUT2D eigenvalue weighted by Gasteiger charge is 2.41. The Hall–Kier alpha value is -4.06. The summed E-state index contributed by atoms with van der Waals surface area (Å²) in [5.41, 5.74) is 14.7. The average molecular weight is 1850 g/mol. The van der Waals surface area contributed by atoms with Crippen molar-refractivity contribution < 1.29 is 79.3 Å². The minimum Gasteiger partial charge on any atom is -0.504 e. The van der Waals surface area contributed by atoms with Crippen LogP contribution >= 0.6 is 126 Å². The van der Waals surface area contributed by atoms with Crippen LogP contribution in [0.3, 0.4) is 0 Å². The minimum absolute atomic E-state index is 0.0264. The summed E-state index contributed by atoms with van der Waals surface area (Å²) in [6.45, 7) is 0. The van der Waals surface area contributed by atoms with E-state index in [0.29, 0.717) is 42.0 Å². The van der Waals surface area contributed by atoms with E-state index in [1.807, 2.05) is 60.7 Å². The van der Waals surface area contributed by atoms with Crippen LogP contribution in [0.15, 0.2) is 137 Å². The first-order chi connectivity index (χ1) is 48.0. The summed E-state index contributed by atoms with van der Waals surface area (Å²) in [6, 6.07) is 20.2. The average Bonchev–Trinajstić information content (AvgIpc) is 1.64. The van der Waals surface area contributed by atoms with Crippen molar-refractivity contribution in [3.05, 3.63) is 117 Å². The second-order valence-electron chi connectivity index (χ2n) is 22.7. The van der Waals surface area contributed by atoms with Crippen LogP contribution in [0.1, 0.15) is 75.3 Å². The fraction of sp³-hybridized carbons (Fsp3) is 0.383. The molecule has 0 aliphatic heterocycles. The molecule has 26 nitrogen and oxygen atoms in total. The zero-order valence-electron chi connectivity index (χ0n) is 55.4. The number of aliphatic imine (C=N–C) groups is 1. The zero-order valence-corrected chi connectivity index (χ0v) is 70.7. The van der Waals surface area contributed by atoms with Gasteiger partial charge < -0.3 is 40.3 Å². The molecule has 5 saturated carbocycles. The van der Waals surface area contributed by atoms with Crippen LogP contribution in [0, 0.1) is 0 Å². The smallest absolute Gasteiger partial charge is 0.274 e. The van der Waals surface area contributed by atoms with E-state index in [2.05, 4.69) is 57.2 Å². The molecule has 0 unspecified atom stereocenters. The number of ether oxygens (including phenoxy) is 5. The molecule has 5 aliphatic carbocycles. The first-order valence-electron chi connectivity index (χ1n) is 30.2. The lowest BCUT2D eigenvalue weighted by molar-refractivity contribution is 0.399. The van der Waals surface area contributed by atoms with Gasteiger partial charge in [-0.15, -0.1) is 68.0 Å². The Bertz CT molecular complexity index is 4830. The molecule has 6 heterocycles. The highest BCUT2D eigenvalue weighted by atomic mass is 79.9. The Morgan fingerprint density at radius 3 is 1.12 bits per heavy atom. The van der Waals surface area contributed by atoms with Crippen LogP contribution in [0.5, 0.6) is 34.5 Å². The number of methoxy groups -OCH3 is 5. The van der Waals surface area contributed by atoms with E-state index < -0.39 is 59.2 Å². The number of nitrogens with two attached hydrogens (primary N) is 2. The molecule has 0 amide bonds. The van der Waals surface area contributed by atoms with Gasteiger partial charge in [-0.05, 0) is 112 Å². The summed E-state index contributed by atoms with van der Waals surface area (Å²) < 4.78 is 181. The molecule has 0 spiro atoms. The predicted octanol–water partition coefficient (Wildman–Crippen LogP) is 13.0. The molecule has 8 aromatic rings. The molecule has 6 aromatic heterocycles. The van der Waals surface area contributed by atoms with Crippen molar-refractivity contribution in [2.75, 3.05) is 68.2 Å². The number of sulfonamides is 5. The molecular weight excluding hydrogens is 1780 g/mol. The molecule has 0 atom stereocenters. The quantitative estimate of drug-likeness (QED) is 0.0277. The van der Waals surface area contributed by atoms with E-state index in [-0.39, 0.29) is 78.4 Å². The molecule has 7 N–H and O–H groups in total. The van der Waals surface area contributed by atoms with Gasteiger partial charge in [-0.2, -0.15) is 12.9 Å². The second kappa shape index (κ2) is 35.3. The lowest BCUT2D eigenvalue weighted by atomic mass is 10.0. The van der Waals surface area contributed by atoms with Gasteiger partial charge in [0.05, 0.1) is 66.1 Å². The van der Waals surface area contributed by atoms with E-state index in [1.54, 1.807) is 41.0 Å². The highest BCUT2D eigenvalue weighted by molar-refractivity contribution is 9.11. The summed E-state index contributed by atoms with van der Waals surface area (Å²) in [4.78, 5) is 4.84. The molecule has 13 rings (SSSR count). The number of nitrogen functional groups attached to an aromatic ring is 2. The predicted molar refractivity (Wildman–Crippen MR) is 414 cm³/mol. The van der Waals surface area contributed by atoms with Crippen molar-refractivity contribution >= 4 is 208 Å². The molecule has 0 radical (unpaired) electrons. The van der Waals surface area contributed by atoms with Crippen molar-refractivity contribution in [1.82, 2.24) is 22.4 Å². The van der Waals surface area contributed by atoms with Crippen LogP contribution in [-0.4, -0.2) is 161 Å². The maximum atomic E-state index is 13.0. The molecule has 5 aliphatic rings. The Morgan fingerprint density at radius 1 is 0.451 bits per heavy atom. The Labute approximate surface area is 648 Å². The van der Waals surface area contributed by atoms with Crippen LogP contribution < -0.4 is 44.6 Å². The van der Waals surface area contributed by atoms with E-state index in [1.165, 1.54) is 72.2 Å². The largest absolute Gasteiger partial charge is 0.504 e. The number of benzene rings is 2. The van der Waals surface area contributed by atoms with Crippen LogP contribution in [0.25, 0.3) is 0 Å². The van der Waals surface area contributed by atoms with Crippen LogP contribution in [-0.2, 0) is 59.2 Å². The third-order valence-corrected chi connectivity index (χ3v) is 37.1. The third-order valence-electron chi connectivity index (χ3n) is 15.1. The standard InChI is InChI=1S/C22H22N2O3S2.C9H12BrNO3S2.C8H10BrNO3S2.2C8H12N2O3S2.C5H4BrClO3S2/c1-24(18-13-14-18)29(25,26)22-21(27-2)19(15-28-22)23-20(16-9-5-3-6-10-16)17-11-7-4-8-12-17;1-11(6-3-4-6)16(12,13)9-8(14-2)7(10)5-15-9;2*1-13-7-6(9)4-14-8(7)15(11,12)10-5-2-3-5;1-10(5-2-3-5)15(12,13)8-7(11)6(9)4-14-8;1-10-4-3(6)2-11-5(4)12(7,8)9/h3-12,15,18H,13-14H2,1-2H3;5-6H,3-4H2,1-2H3;4-5,10H,2-3H2,1H3;4-5,10H,2-3,9H2,1H3;4-5,11H,2-3,9H2,1H3;2H,1H3. The first kappa shape index (κ1) is 83.6. The summed E-state index contributed by atoms with van der Waals surface area (Å²) >= 11 is 16.2. The van der Waals surface area contributed by atoms with Gasteiger partial charge in [-0.3, -0.25) is 0 Å². The van der Waals surface area contributed by atoms with Crippen molar-refractivity contribution in [3.63, 3.8) is 0 Å². The van der Waals surface area contributed by atoms with E-state index in [9.17, 15) is 55.6 Å². The van der Waals surface area contributed by atoms with Crippen molar-refractivity contribution in [1.29, 1.82) is 0 Å². The van der Waals surface area contributed by atoms with Crippen molar-refractivity contribution in [2.24, 2.45) is 4.99 Å². The molecular formula is C60H72Br3ClN8O18S12. The summed E-state index contributed by atoms with van der Waals surface area (Å²) in [5, 5.41) is 19.3. The van der Waals surface area contributed by atoms with Gasteiger partial charge in [0.2, 0.25) is 0 Å². The maximum Gasteiger partial charge on any atom is 0.274 e. The molecule has 0 saturated heterocycles. The number of rotatable bonds is 24. The number of hydrogen-bond acceptors (Lipinski definition) is 27. The van der Waals surface area contributed by atoms with Gasteiger partial charge in [0.1, 0.15) is 5.69 Å². The van der Waals surface area contributed by atoms with Crippen LogP contribution in [0.4, 0.5) is 17.1 Å². The first-order valence-corrected chi connectivity index (χ1v) is 47.4. The number of anilines is 2. The Balaban J connectivity index is 0.000000160. The monoisotopic (exact) mass is 1850 g/mol. The van der Waals surface area contributed by atoms with E-state index >= 15 is 0 Å². The van der Waals surface area contributed by atoms with Gasteiger partial charge >= 0.3 is 0 Å². The SMILES string of the molecule is CN(C1CC1)S(=O)(=O)c1scc(N)c1O.COc1c(Br)csc1S(=O)(=O)Cl.COc1c(Br)csc1S(=O)(=O)N(C)C1CC1.COc1c(Br)csc1S(=O)(=O)NC1CC1.COc1c(N)csc1S(=O)(=O)NC1CC1.COc1c(N=C(c2ccccc2)c2ccccc2)csc1S(=O)(=O)N(C)C1CC1. The van der Waals surface area contributed by atoms with Crippen molar-refractivity contribution in [2.45, 2.75) is 120 Å². The van der Waals surface area contributed by atoms with Gasteiger partial charge in [0.25, 0.3) is 59.2 Å². The lowest BCUT2D eigenvalue weighted by Gasteiger charge is -2.16. The molecule has 0 bridgehead atoms. The van der Waals surface area contributed by atoms with Gasteiger partial charge in [0, 0.05) is 105 Å². The summed E-state index contributed by atoms with van der Waals surface area (Å²) in [5.74, 6) is 1.26. The summed E-state index contributed by atoms with van der Waals surface area (Å²) in [7, 11) is -3.97. The number of hydrogen-bond donors (Lipinski definition) is 5. The lowest BCUT2D eigenvalue weighted by Crippen LogP contribution is -2.28. The number of nitrogens with zero attached hydrogens (tertiary/aromatic N) is 4. The Morgan fingerprint density at radius 2 is 0.765 bits per heavy atom. The highest BCUT2D eigenvalue weighted by Crippen LogP contribution is 2.47. The number of thiophene rings is 6. The normalized spacial score (nSPS) is 15.4. The Kier molecular flexibility index (Phi) is 28.9. The topological polar surface area (TPSA) is 369 Å². The van der Waals surface area contributed by atoms with Gasteiger partial charge in [-0.25, -0.2) is 64.9 Å². The van der Waals surface area contributed by atoms with E-state index in [4.69, 9.17) is 50.8 Å². The fourth-order valence-corrected chi connectivity index (χ4v) is 27.7. The number of halogens is 4. The second-order valence-corrected chi connectivity index (χ2v) is 43.7. The summed E-state index contributed by atoms with van der Waals surface area (Å²) in [6.07, 6.45) is 9.14. The minimum atomic E-state index is -3.69. The fourth-order valence-electron chi connectivity index (χ4n) is 8.88. The molecule has 42 heteroatoms. The number of nitrogens with one attached hydrogen (secondary N) is 2. The third kappa shape index (κ3) is 21.0. The molecule has 2 aromatic carbocycles. The molecule has 560 valence electrons. The maximum absolute atomic E-state index is 13.0. The van der Waals surface area contributed by atoms with Crippen LogP contribution in [0.2, 0.25) is 0 Å². The van der Waals surface area contributed by atoms with Gasteiger partial charge in [-0.1, -0.05) is 60.7 Å². The zero-order chi connectivity index (χ0) is 75.0. The number of aromatic hydroxyl groups is 1. The molecule has 5 fully saturated rings.